The molecule has 0 spiro atoms. The fourth-order valence-electron chi connectivity index (χ4n) is 1.77. The lowest BCUT2D eigenvalue weighted by molar-refractivity contribution is -0.207. The van der Waals surface area contributed by atoms with Crippen LogP contribution in [0.4, 0.5) is 0 Å². The second kappa shape index (κ2) is 7.17. The van der Waals surface area contributed by atoms with E-state index in [1.807, 2.05) is 0 Å². The summed E-state index contributed by atoms with van der Waals surface area (Å²) in [4.78, 5) is 0. The molecule has 1 rings (SSSR count). The average Bonchev–Trinajstić information content (AvgIpc) is 2.18. The van der Waals surface area contributed by atoms with E-state index in [-0.39, 0.29) is 12.2 Å². The van der Waals surface area contributed by atoms with E-state index < -0.39 is 6.29 Å². The van der Waals surface area contributed by atoms with E-state index in [0.29, 0.717) is 13.0 Å². The summed E-state index contributed by atoms with van der Waals surface area (Å²) in [6, 6.07) is 0. The third kappa shape index (κ3) is 4.93. The fourth-order valence-corrected chi connectivity index (χ4v) is 1.77. The molecule has 4 heteroatoms. The third-order valence-electron chi connectivity index (χ3n) is 2.54. The first kappa shape index (κ1) is 12.9. The van der Waals surface area contributed by atoms with Crippen LogP contribution in [0.1, 0.15) is 32.6 Å². The zero-order chi connectivity index (χ0) is 11.1. The predicted octanol–water partition coefficient (Wildman–Crippen LogP) is 1.32. The van der Waals surface area contributed by atoms with Crippen LogP contribution in [0.15, 0.2) is 0 Å². The van der Waals surface area contributed by atoms with Crippen LogP contribution in [0.25, 0.3) is 0 Å². The Kier molecular flexibility index (Phi) is 6.17. The van der Waals surface area contributed by atoms with E-state index in [2.05, 4.69) is 6.92 Å². The van der Waals surface area contributed by atoms with Crippen LogP contribution in [-0.4, -0.2) is 43.9 Å². The van der Waals surface area contributed by atoms with E-state index in [0.717, 1.165) is 25.9 Å². The Hall–Kier alpha value is -0.160. The van der Waals surface area contributed by atoms with Gasteiger partial charge in [0.1, 0.15) is 0 Å². The number of unbranched alkanes of at least 4 members (excludes halogenated alkanes) is 1. The van der Waals surface area contributed by atoms with Gasteiger partial charge < -0.3 is 19.3 Å². The van der Waals surface area contributed by atoms with Crippen molar-refractivity contribution in [3.8, 4) is 0 Å². The summed E-state index contributed by atoms with van der Waals surface area (Å²) in [7, 11) is 1.64. The summed E-state index contributed by atoms with van der Waals surface area (Å²) in [5, 5.41) is 9.48. The largest absolute Gasteiger partial charge is 0.382 e. The van der Waals surface area contributed by atoms with Crippen molar-refractivity contribution < 1.29 is 19.3 Å². The van der Waals surface area contributed by atoms with Gasteiger partial charge in [-0.25, -0.2) is 0 Å². The Morgan fingerprint density at radius 3 is 2.87 bits per heavy atom. The second-order valence-corrected chi connectivity index (χ2v) is 3.99. The average molecular weight is 218 g/mol. The molecule has 0 amide bonds. The van der Waals surface area contributed by atoms with Gasteiger partial charge >= 0.3 is 0 Å². The quantitative estimate of drug-likeness (QED) is 0.683. The summed E-state index contributed by atoms with van der Waals surface area (Å²) < 4.78 is 16.0. The molecular formula is C11H22O4. The number of aliphatic hydroxyl groups is 1. The van der Waals surface area contributed by atoms with Gasteiger partial charge in [-0.15, -0.1) is 0 Å². The zero-order valence-electron chi connectivity index (χ0n) is 9.65. The van der Waals surface area contributed by atoms with Crippen molar-refractivity contribution in [2.24, 2.45) is 0 Å². The van der Waals surface area contributed by atoms with Crippen molar-refractivity contribution >= 4 is 0 Å². The molecule has 1 saturated heterocycles. The van der Waals surface area contributed by atoms with E-state index >= 15 is 0 Å². The van der Waals surface area contributed by atoms with Crippen LogP contribution in [0.3, 0.4) is 0 Å². The molecule has 0 radical (unpaired) electrons. The highest BCUT2D eigenvalue weighted by atomic mass is 16.6. The number of aliphatic hydroxyl groups excluding tert-OH is 1. The monoisotopic (exact) mass is 218 g/mol. The van der Waals surface area contributed by atoms with Gasteiger partial charge in [0.15, 0.2) is 6.29 Å². The molecule has 0 aromatic rings. The molecule has 1 aliphatic heterocycles. The fraction of sp³-hybridized carbons (Fsp3) is 1.00. The molecule has 0 bridgehead atoms. The number of rotatable bonds is 6. The Morgan fingerprint density at radius 1 is 1.40 bits per heavy atom. The van der Waals surface area contributed by atoms with Gasteiger partial charge in [0, 0.05) is 26.6 Å². The molecule has 3 unspecified atom stereocenters. The Labute approximate surface area is 91.5 Å². The molecule has 1 fully saturated rings. The smallest absolute Gasteiger partial charge is 0.157 e. The molecule has 3 atom stereocenters. The highest BCUT2D eigenvalue weighted by Gasteiger charge is 2.28. The maximum Gasteiger partial charge on any atom is 0.157 e. The lowest BCUT2D eigenvalue weighted by atomic mass is 10.1. The van der Waals surface area contributed by atoms with E-state index in [1.54, 1.807) is 7.11 Å². The Balaban J connectivity index is 2.24. The molecule has 0 aliphatic carbocycles. The summed E-state index contributed by atoms with van der Waals surface area (Å²) >= 11 is 0. The van der Waals surface area contributed by atoms with Crippen LogP contribution in [0.2, 0.25) is 0 Å². The molecule has 0 aromatic carbocycles. The topological polar surface area (TPSA) is 47.9 Å². The van der Waals surface area contributed by atoms with Crippen molar-refractivity contribution in [2.75, 3.05) is 20.3 Å². The minimum atomic E-state index is -0.703. The number of hydrogen-bond donors (Lipinski definition) is 1. The van der Waals surface area contributed by atoms with Gasteiger partial charge in [-0.2, -0.15) is 0 Å². The highest BCUT2D eigenvalue weighted by Crippen LogP contribution is 2.21. The van der Waals surface area contributed by atoms with Gasteiger partial charge in [0.05, 0.1) is 18.8 Å². The lowest BCUT2D eigenvalue weighted by Gasteiger charge is -2.32. The summed E-state index contributed by atoms with van der Waals surface area (Å²) in [5.41, 5.74) is 0. The van der Waals surface area contributed by atoms with E-state index in [9.17, 15) is 5.11 Å². The van der Waals surface area contributed by atoms with Crippen LogP contribution in [0.5, 0.6) is 0 Å². The third-order valence-corrected chi connectivity index (χ3v) is 2.54. The van der Waals surface area contributed by atoms with Gasteiger partial charge in [-0.05, 0) is 6.42 Å². The SMILES string of the molecule is CCCCOC1CC(O)OC(COC)C1. The highest BCUT2D eigenvalue weighted by molar-refractivity contribution is 4.73. The molecule has 4 nitrogen and oxygen atoms in total. The van der Waals surface area contributed by atoms with Gasteiger partial charge in [-0.1, -0.05) is 13.3 Å². The molecule has 0 aromatic heterocycles. The number of methoxy groups -OCH3 is 1. The first-order valence-electron chi connectivity index (χ1n) is 5.70. The Morgan fingerprint density at radius 2 is 2.20 bits per heavy atom. The van der Waals surface area contributed by atoms with Crippen LogP contribution in [-0.2, 0) is 14.2 Å². The van der Waals surface area contributed by atoms with Crippen LogP contribution >= 0.6 is 0 Å². The van der Waals surface area contributed by atoms with Crippen molar-refractivity contribution in [3.63, 3.8) is 0 Å². The number of hydrogen-bond acceptors (Lipinski definition) is 4. The number of ether oxygens (including phenoxy) is 3. The van der Waals surface area contributed by atoms with E-state index in [1.165, 1.54) is 0 Å². The molecule has 1 N–H and O–H groups in total. The van der Waals surface area contributed by atoms with Crippen molar-refractivity contribution in [1.82, 2.24) is 0 Å². The zero-order valence-corrected chi connectivity index (χ0v) is 9.65. The van der Waals surface area contributed by atoms with E-state index in [4.69, 9.17) is 14.2 Å². The molecule has 1 heterocycles. The molecule has 0 saturated carbocycles. The van der Waals surface area contributed by atoms with Gasteiger partial charge in [0.25, 0.3) is 0 Å². The van der Waals surface area contributed by atoms with Crippen molar-refractivity contribution in [3.05, 3.63) is 0 Å². The van der Waals surface area contributed by atoms with Crippen LogP contribution < -0.4 is 0 Å². The lowest BCUT2D eigenvalue weighted by Crippen LogP contribution is -2.39. The Bertz CT molecular complexity index is 163. The summed E-state index contributed by atoms with van der Waals surface area (Å²) in [6.07, 6.45) is 2.96. The van der Waals surface area contributed by atoms with Gasteiger partial charge in [-0.3, -0.25) is 0 Å². The van der Waals surface area contributed by atoms with Crippen molar-refractivity contribution in [2.45, 2.75) is 51.1 Å². The molecule has 15 heavy (non-hydrogen) atoms. The van der Waals surface area contributed by atoms with Crippen LogP contribution in [0, 0.1) is 0 Å². The minimum absolute atomic E-state index is 0.0367. The maximum absolute atomic E-state index is 9.48. The molecule has 90 valence electrons. The standard InChI is InChI=1S/C11H22O4/c1-3-4-5-14-9-6-10(8-13-2)15-11(12)7-9/h9-12H,3-8H2,1-2H3. The first-order chi connectivity index (χ1) is 7.26. The summed E-state index contributed by atoms with van der Waals surface area (Å²) in [5.74, 6) is 0. The second-order valence-electron chi connectivity index (χ2n) is 3.99. The maximum atomic E-state index is 9.48. The minimum Gasteiger partial charge on any atom is -0.382 e. The predicted molar refractivity (Wildman–Crippen MR) is 56.6 cm³/mol. The molecule has 1 aliphatic rings. The molecular weight excluding hydrogens is 196 g/mol. The normalized spacial score (nSPS) is 31.8. The first-order valence-corrected chi connectivity index (χ1v) is 5.70. The van der Waals surface area contributed by atoms with Gasteiger partial charge in [0.2, 0.25) is 0 Å². The van der Waals surface area contributed by atoms with Crippen molar-refractivity contribution in [1.29, 1.82) is 0 Å². The summed E-state index contributed by atoms with van der Waals surface area (Å²) in [6.45, 7) is 3.42.